The van der Waals surface area contributed by atoms with Gasteiger partial charge in [-0.3, -0.25) is 4.68 Å². The van der Waals surface area contributed by atoms with Crippen molar-refractivity contribution in [3.63, 3.8) is 0 Å². The number of nitrogens with zero attached hydrogens (tertiary/aromatic N) is 3. The molecule has 2 aliphatic rings. The Balaban J connectivity index is 1.30. The molecule has 1 aromatic heterocycles. The molecule has 8 nitrogen and oxygen atoms in total. The van der Waals surface area contributed by atoms with E-state index in [1.54, 1.807) is 24.3 Å². The van der Waals surface area contributed by atoms with E-state index in [9.17, 15) is 13.5 Å². The maximum Gasteiger partial charge on any atom is 0.240 e. The number of rotatable bonds is 8. The number of ether oxygens (including phenoxy) is 1. The topological polar surface area (TPSA) is 106 Å². The Bertz CT molecular complexity index is 954. The van der Waals surface area contributed by atoms with E-state index >= 15 is 0 Å². The Hall–Kier alpha value is -1.81. The van der Waals surface area contributed by atoms with Gasteiger partial charge in [0.2, 0.25) is 10.0 Å². The van der Waals surface area contributed by atoms with Crippen molar-refractivity contribution in [2.24, 2.45) is 0 Å². The summed E-state index contributed by atoms with van der Waals surface area (Å²) < 4.78 is 36.1. The van der Waals surface area contributed by atoms with Crippen molar-refractivity contribution in [3.8, 4) is 0 Å². The van der Waals surface area contributed by atoms with Crippen molar-refractivity contribution in [2.75, 3.05) is 6.61 Å². The first-order chi connectivity index (χ1) is 14.9. The molecule has 0 radical (unpaired) electrons. The van der Waals surface area contributed by atoms with E-state index in [2.05, 4.69) is 15.0 Å². The summed E-state index contributed by atoms with van der Waals surface area (Å²) >= 11 is 0. The normalized spacial score (nSPS) is 25.2. The first-order valence-corrected chi connectivity index (χ1v) is 12.7. The molecular formula is C22H32N4O4S. The minimum absolute atomic E-state index is 0.0450. The van der Waals surface area contributed by atoms with Gasteiger partial charge in [-0.2, -0.15) is 0 Å². The van der Waals surface area contributed by atoms with Crippen LogP contribution in [0, 0.1) is 6.92 Å². The van der Waals surface area contributed by atoms with Crippen molar-refractivity contribution in [2.45, 2.75) is 87.5 Å². The smallest absolute Gasteiger partial charge is 0.240 e. The van der Waals surface area contributed by atoms with Crippen LogP contribution in [-0.2, 0) is 21.3 Å². The van der Waals surface area contributed by atoms with Gasteiger partial charge in [-0.05, 0) is 51.2 Å². The molecule has 2 N–H and O–H groups in total. The maximum absolute atomic E-state index is 12.7. The Morgan fingerprint density at radius 2 is 1.90 bits per heavy atom. The predicted molar refractivity (Wildman–Crippen MR) is 116 cm³/mol. The van der Waals surface area contributed by atoms with Gasteiger partial charge in [0.25, 0.3) is 0 Å². The first kappa shape index (κ1) is 22.4. The van der Waals surface area contributed by atoms with Crippen molar-refractivity contribution < 1.29 is 18.3 Å². The van der Waals surface area contributed by atoms with Crippen molar-refractivity contribution in [3.05, 3.63) is 41.7 Å². The minimum atomic E-state index is -3.66. The van der Waals surface area contributed by atoms with Crippen LogP contribution in [0.4, 0.5) is 0 Å². The lowest BCUT2D eigenvalue weighted by molar-refractivity contribution is -0.0891. The average Bonchev–Trinajstić information content (AvgIpc) is 3.45. The third-order valence-corrected chi connectivity index (χ3v) is 7.95. The zero-order chi connectivity index (χ0) is 21.8. The number of benzene rings is 1. The summed E-state index contributed by atoms with van der Waals surface area (Å²) in [7, 11) is -3.66. The highest BCUT2D eigenvalue weighted by atomic mass is 32.2. The summed E-state index contributed by atoms with van der Waals surface area (Å²) in [5, 5.41) is 18.4. The Kier molecular flexibility index (Phi) is 7.05. The molecule has 0 unspecified atom stereocenters. The minimum Gasteiger partial charge on any atom is -0.394 e. The van der Waals surface area contributed by atoms with E-state index in [1.807, 2.05) is 17.8 Å². The van der Waals surface area contributed by atoms with E-state index < -0.39 is 22.2 Å². The van der Waals surface area contributed by atoms with Gasteiger partial charge in [0, 0.05) is 18.7 Å². The number of aliphatic hydroxyl groups excluding tert-OH is 1. The molecule has 1 aliphatic heterocycles. The van der Waals surface area contributed by atoms with Crippen molar-refractivity contribution in [1.82, 2.24) is 19.7 Å². The molecular weight excluding hydrogens is 416 g/mol. The van der Waals surface area contributed by atoms with Gasteiger partial charge in [0.05, 0.1) is 35.4 Å². The van der Waals surface area contributed by atoms with Crippen molar-refractivity contribution in [1.29, 1.82) is 0 Å². The standard InChI is InChI=1S/C22H32N4O4S/c1-16-6-9-19(10-7-16)31(28,29)24-20-11-8-18(30-22(20)15-27)12-13-26-14-21(23-25-26)17-4-2-3-5-17/h6-7,9-10,14,17-18,20,22,24,27H,2-5,8,11-13,15H2,1H3/t18-,20+,22+/m1/s1. The second-order valence-corrected chi connectivity index (χ2v) is 10.5. The van der Waals surface area contributed by atoms with Crippen LogP contribution >= 0.6 is 0 Å². The summed E-state index contributed by atoms with van der Waals surface area (Å²) in [4.78, 5) is 0.223. The van der Waals surface area contributed by atoms with Gasteiger partial charge in [0.15, 0.2) is 0 Å². The second-order valence-electron chi connectivity index (χ2n) is 8.77. The third kappa shape index (κ3) is 5.52. The summed E-state index contributed by atoms with van der Waals surface area (Å²) in [6.07, 6.45) is 8.45. The van der Waals surface area contributed by atoms with E-state index in [4.69, 9.17) is 4.74 Å². The molecule has 170 valence electrons. The fourth-order valence-corrected chi connectivity index (χ4v) is 5.87. The molecule has 0 spiro atoms. The van der Waals surface area contributed by atoms with Crippen LogP contribution in [0.5, 0.6) is 0 Å². The number of hydrogen-bond acceptors (Lipinski definition) is 6. The predicted octanol–water partition coefficient (Wildman–Crippen LogP) is 2.52. The van der Waals surface area contributed by atoms with Gasteiger partial charge in [0.1, 0.15) is 0 Å². The van der Waals surface area contributed by atoms with E-state index in [-0.39, 0.29) is 17.6 Å². The molecule has 3 atom stereocenters. The number of aliphatic hydroxyl groups is 1. The molecule has 0 amide bonds. The molecule has 4 rings (SSSR count). The van der Waals surface area contributed by atoms with Gasteiger partial charge >= 0.3 is 0 Å². The lowest BCUT2D eigenvalue weighted by Crippen LogP contribution is -2.50. The number of aromatic nitrogens is 3. The summed E-state index contributed by atoms with van der Waals surface area (Å²) in [5.41, 5.74) is 2.08. The largest absolute Gasteiger partial charge is 0.394 e. The fraction of sp³-hybridized carbons (Fsp3) is 0.636. The number of aryl methyl sites for hydroxylation is 2. The lowest BCUT2D eigenvalue weighted by atomic mass is 9.98. The van der Waals surface area contributed by atoms with Gasteiger partial charge < -0.3 is 9.84 Å². The second kappa shape index (κ2) is 9.77. The zero-order valence-corrected chi connectivity index (χ0v) is 18.8. The van der Waals surface area contributed by atoms with Gasteiger partial charge in [-0.25, -0.2) is 13.1 Å². The molecule has 1 saturated heterocycles. The maximum atomic E-state index is 12.7. The highest BCUT2D eigenvalue weighted by molar-refractivity contribution is 7.89. The Morgan fingerprint density at radius 3 is 2.61 bits per heavy atom. The molecule has 2 heterocycles. The molecule has 31 heavy (non-hydrogen) atoms. The molecule has 2 aromatic rings. The van der Waals surface area contributed by atoms with Crippen LogP contribution in [0.2, 0.25) is 0 Å². The lowest BCUT2D eigenvalue weighted by Gasteiger charge is -2.36. The zero-order valence-electron chi connectivity index (χ0n) is 18.0. The summed E-state index contributed by atoms with van der Waals surface area (Å²) in [6.45, 7) is 2.38. The number of hydrogen-bond donors (Lipinski definition) is 2. The van der Waals surface area contributed by atoms with Crippen LogP contribution in [0.1, 0.15) is 62.1 Å². The van der Waals surface area contributed by atoms with Crippen molar-refractivity contribution >= 4 is 10.0 Å². The molecule has 2 fully saturated rings. The van der Waals surface area contributed by atoms with E-state index in [0.717, 1.165) is 24.1 Å². The third-order valence-electron chi connectivity index (χ3n) is 6.44. The highest BCUT2D eigenvalue weighted by Crippen LogP contribution is 2.32. The quantitative estimate of drug-likeness (QED) is 0.643. The van der Waals surface area contributed by atoms with Crippen LogP contribution in [-0.4, -0.2) is 53.4 Å². The summed E-state index contributed by atoms with van der Waals surface area (Å²) in [6, 6.07) is 6.28. The SMILES string of the molecule is Cc1ccc(S(=O)(=O)N[C@H]2CC[C@H](CCn3cc(C4CCCC4)nn3)O[C@H]2CO)cc1. The van der Waals surface area contributed by atoms with Crippen LogP contribution in [0.15, 0.2) is 35.4 Å². The average molecular weight is 449 g/mol. The van der Waals surface area contributed by atoms with Crippen LogP contribution < -0.4 is 4.72 Å². The number of nitrogens with one attached hydrogen (secondary N) is 1. The molecule has 0 bridgehead atoms. The van der Waals surface area contributed by atoms with Gasteiger partial charge in [-0.15, -0.1) is 5.10 Å². The summed E-state index contributed by atoms with van der Waals surface area (Å²) in [5.74, 6) is 0.542. The monoisotopic (exact) mass is 448 g/mol. The Labute approximate surface area is 184 Å². The molecule has 9 heteroatoms. The van der Waals surface area contributed by atoms with Crippen LogP contribution in [0.25, 0.3) is 0 Å². The van der Waals surface area contributed by atoms with E-state index in [1.165, 1.54) is 25.7 Å². The molecule has 1 saturated carbocycles. The van der Waals surface area contributed by atoms with Crippen LogP contribution in [0.3, 0.4) is 0 Å². The molecule has 1 aliphatic carbocycles. The Morgan fingerprint density at radius 1 is 1.16 bits per heavy atom. The van der Waals surface area contributed by atoms with Gasteiger partial charge in [-0.1, -0.05) is 35.8 Å². The first-order valence-electron chi connectivity index (χ1n) is 11.2. The van der Waals surface area contributed by atoms with E-state index in [0.29, 0.717) is 18.9 Å². The molecule has 1 aromatic carbocycles. The fourth-order valence-electron chi connectivity index (χ4n) is 4.57. The highest BCUT2D eigenvalue weighted by Gasteiger charge is 2.34. The number of sulfonamides is 1.